The zero-order valence-electron chi connectivity index (χ0n) is 14.9. The van der Waals surface area contributed by atoms with Crippen molar-refractivity contribution < 1.29 is 27.4 Å². The highest BCUT2D eigenvalue weighted by molar-refractivity contribution is 7.85. The molecular weight excluding hydrogens is 342 g/mol. The third kappa shape index (κ3) is 3.93. The summed E-state index contributed by atoms with van der Waals surface area (Å²) in [5.41, 5.74) is 2.58. The number of unbranched alkanes of at least 4 members (excludes halogenated alkanes) is 2. The Labute approximate surface area is 148 Å². The monoisotopic (exact) mass is 367 g/mol. The van der Waals surface area contributed by atoms with Crippen LogP contribution in [0.15, 0.2) is 23.1 Å². The van der Waals surface area contributed by atoms with Gasteiger partial charge in [-0.25, -0.2) is 8.42 Å². The Balaban J connectivity index is 2.31. The Kier molecular flexibility index (Phi) is 5.68. The number of fused-ring (bicyclic) bond motifs is 1. The first kappa shape index (κ1) is 19.6. The zero-order valence-corrected chi connectivity index (χ0v) is 15.7. The molecule has 1 aromatic carbocycles. The molecule has 0 amide bonds. The third-order valence-electron chi connectivity index (χ3n) is 5.23. The van der Waals surface area contributed by atoms with E-state index >= 15 is 0 Å². The van der Waals surface area contributed by atoms with Gasteiger partial charge in [-0.05, 0) is 38.8 Å². The van der Waals surface area contributed by atoms with E-state index in [9.17, 15) is 17.8 Å². The molecule has 1 heterocycles. The van der Waals surface area contributed by atoms with Gasteiger partial charge in [0.2, 0.25) is 5.69 Å². The maximum absolute atomic E-state index is 11.4. The molecule has 0 radical (unpaired) electrons. The van der Waals surface area contributed by atoms with Gasteiger partial charge in [-0.3, -0.25) is 4.79 Å². The Morgan fingerprint density at radius 3 is 2.52 bits per heavy atom. The van der Waals surface area contributed by atoms with Gasteiger partial charge < -0.3 is 9.66 Å². The minimum atomic E-state index is -4.50. The van der Waals surface area contributed by atoms with E-state index in [1.807, 2.05) is 13.8 Å². The van der Waals surface area contributed by atoms with Crippen LogP contribution in [0.4, 0.5) is 5.69 Å². The quantitative estimate of drug-likeness (QED) is 0.433. The van der Waals surface area contributed by atoms with E-state index < -0.39 is 16.1 Å². The molecule has 0 saturated carbocycles. The zero-order chi connectivity index (χ0) is 18.8. The number of aliphatic carboxylic acids is 1. The lowest BCUT2D eigenvalue weighted by Gasteiger charge is -2.23. The molecule has 1 aliphatic rings. The maximum atomic E-state index is 11.4. The smallest absolute Gasteiger partial charge is 0.303 e. The first-order valence-electron chi connectivity index (χ1n) is 8.55. The summed E-state index contributed by atoms with van der Waals surface area (Å²) in [6, 6.07) is 4.59. The molecule has 25 heavy (non-hydrogen) atoms. The van der Waals surface area contributed by atoms with Crippen LogP contribution in [0.2, 0.25) is 0 Å². The summed E-state index contributed by atoms with van der Waals surface area (Å²) >= 11 is 0. The fourth-order valence-electron chi connectivity index (χ4n) is 3.68. The van der Waals surface area contributed by atoms with Gasteiger partial charge in [-0.1, -0.05) is 12.8 Å². The van der Waals surface area contributed by atoms with Crippen LogP contribution in [0.25, 0.3) is 0 Å². The Morgan fingerprint density at radius 1 is 1.28 bits per heavy atom. The second-order valence-electron chi connectivity index (χ2n) is 6.75. The summed E-state index contributed by atoms with van der Waals surface area (Å²) in [4.78, 5) is 10.4. The van der Waals surface area contributed by atoms with Crippen LogP contribution in [0, 0.1) is 0 Å². The number of carboxylic acid groups (broad SMARTS) is 1. The second kappa shape index (κ2) is 7.25. The molecule has 0 fully saturated rings. The summed E-state index contributed by atoms with van der Waals surface area (Å²) in [6.07, 6.45) is 3.21. The van der Waals surface area contributed by atoms with Crippen molar-refractivity contribution in [1.29, 1.82) is 0 Å². The van der Waals surface area contributed by atoms with Gasteiger partial charge in [0.15, 0.2) is 5.71 Å². The van der Waals surface area contributed by atoms with E-state index in [0.29, 0.717) is 6.42 Å². The molecular formula is C18H25NO5S. The van der Waals surface area contributed by atoms with Gasteiger partial charge in [-0.15, -0.1) is 0 Å². The number of hydrogen-bond donors (Lipinski definition) is 1. The van der Waals surface area contributed by atoms with Crippen LogP contribution in [-0.4, -0.2) is 40.9 Å². The molecule has 1 N–H and O–H groups in total. The standard InChI is InChI=1S/C18H25NO5S/c1-4-19-13(2)18(3,11-7-5-6-8-17(20)21)15-12-14(25(22,23)24)9-10-16(15)19/h9-10,12H,4-8,11H2,1-3H3,(H-,20,21,22,23,24). The summed E-state index contributed by atoms with van der Waals surface area (Å²) < 4.78 is 36.4. The van der Waals surface area contributed by atoms with Crippen molar-refractivity contribution in [3.8, 4) is 0 Å². The maximum Gasteiger partial charge on any atom is 0.303 e. The number of rotatable bonds is 8. The molecule has 0 saturated heterocycles. The largest absolute Gasteiger partial charge is 0.744 e. The first-order chi connectivity index (χ1) is 11.6. The predicted molar refractivity (Wildman–Crippen MR) is 93.6 cm³/mol. The van der Waals surface area contributed by atoms with E-state index in [0.717, 1.165) is 42.8 Å². The SMILES string of the molecule is CC[N+]1=C(C)C(C)(CCCCCC(=O)O)c2cc(S(=O)(=O)[O-])ccc21. The number of carboxylic acids is 1. The molecule has 138 valence electrons. The number of carbonyl (C=O) groups is 1. The molecule has 0 spiro atoms. The van der Waals surface area contributed by atoms with Crippen molar-refractivity contribution in [2.75, 3.05) is 6.54 Å². The van der Waals surface area contributed by atoms with Crippen molar-refractivity contribution in [3.05, 3.63) is 23.8 Å². The molecule has 1 aromatic rings. The normalized spacial score (nSPS) is 20.0. The topological polar surface area (TPSA) is 97.5 Å². The van der Waals surface area contributed by atoms with Gasteiger partial charge in [-0.2, -0.15) is 4.58 Å². The molecule has 1 atom stereocenters. The fourth-order valence-corrected chi connectivity index (χ4v) is 4.17. The van der Waals surface area contributed by atoms with Crippen LogP contribution in [-0.2, 0) is 20.3 Å². The van der Waals surface area contributed by atoms with E-state index in [4.69, 9.17) is 5.11 Å². The Hall–Kier alpha value is -1.73. The molecule has 1 aliphatic heterocycles. The lowest BCUT2D eigenvalue weighted by Crippen LogP contribution is -2.30. The first-order valence-corrected chi connectivity index (χ1v) is 9.96. The molecule has 0 bridgehead atoms. The fraction of sp³-hybridized carbons (Fsp3) is 0.556. The second-order valence-corrected chi connectivity index (χ2v) is 8.13. The number of benzene rings is 1. The van der Waals surface area contributed by atoms with Crippen molar-refractivity contribution in [2.24, 2.45) is 0 Å². The molecule has 0 aliphatic carbocycles. The summed E-state index contributed by atoms with van der Waals surface area (Å²) in [6.45, 7) is 6.89. The van der Waals surface area contributed by atoms with Crippen molar-refractivity contribution in [2.45, 2.75) is 63.2 Å². The van der Waals surface area contributed by atoms with Crippen LogP contribution in [0.1, 0.15) is 58.4 Å². The average Bonchev–Trinajstić information content (AvgIpc) is 2.74. The Morgan fingerprint density at radius 2 is 1.96 bits per heavy atom. The van der Waals surface area contributed by atoms with E-state index in [-0.39, 0.29) is 16.7 Å². The lowest BCUT2D eigenvalue weighted by atomic mass is 9.76. The van der Waals surface area contributed by atoms with Crippen LogP contribution < -0.4 is 0 Å². The van der Waals surface area contributed by atoms with E-state index in [1.165, 1.54) is 12.1 Å². The van der Waals surface area contributed by atoms with Crippen molar-refractivity contribution in [3.63, 3.8) is 0 Å². The molecule has 6 nitrogen and oxygen atoms in total. The number of nitrogens with zero attached hydrogens (tertiary/aromatic N) is 1. The van der Waals surface area contributed by atoms with Gasteiger partial charge >= 0.3 is 5.97 Å². The summed E-state index contributed by atoms with van der Waals surface area (Å²) in [7, 11) is -4.50. The van der Waals surface area contributed by atoms with Crippen molar-refractivity contribution in [1.82, 2.24) is 0 Å². The van der Waals surface area contributed by atoms with Gasteiger partial charge in [0.1, 0.15) is 16.7 Å². The van der Waals surface area contributed by atoms with Crippen LogP contribution in [0.3, 0.4) is 0 Å². The molecule has 7 heteroatoms. The highest BCUT2D eigenvalue weighted by Gasteiger charge is 2.45. The van der Waals surface area contributed by atoms with E-state index in [2.05, 4.69) is 11.5 Å². The van der Waals surface area contributed by atoms with Crippen LogP contribution in [0.5, 0.6) is 0 Å². The van der Waals surface area contributed by atoms with Gasteiger partial charge in [0, 0.05) is 25.0 Å². The molecule has 1 unspecified atom stereocenters. The number of hydrogen-bond acceptors (Lipinski definition) is 4. The minimum absolute atomic E-state index is 0.162. The molecule has 0 aromatic heterocycles. The minimum Gasteiger partial charge on any atom is -0.744 e. The van der Waals surface area contributed by atoms with Crippen LogP contribution >= 0.6 is 0 Å². The summed E-state index contributed by atoms with van der Waals surface area (Å²) in [5, 5.41) is 8.72. The third-order valence-corrected chi connectivity index (χ3v) is 6.06. The Bertz CT molecular complexity index is 813. The highest BCUT2D eigenvalue weighted by atomic mass is 32.2. The van der Waals surface area contributed by atoms with Gasteiger partial charge in [0.25, 0.3) is 0 Å². The van der Waals surface area contributed by atoms with Crippen molar-refractivity contribution >= 4 is 27.5 Å². The lowest BCUT2D eigenvalue weighted by molar-refractivity contribution is -0.434. The summed E-state index contributed by atoms with van der Waals surface area (Å²) in [5.74, 6) is -0.789. The van der Waals surface area contributed by atoms with Gasteiger partial charge in [0.05, 0.1) is 10.3 Å². The average molecular weight is 367 g/mol. The van der Waals surface area contributed by atoms with E-state index in [1.54, 1.807) is 6.07 Å². The highest BCUT2D eigenvalue weighted by Crippen LogP contribution is 2.43. The predicted octanol–water partition coefficient (Wildman–Crippen LogP) is 3.02. The molecule has 2 rings (SSSR count).